The Morgan fingerprint density at radius 3 is 2.29 bits per heavy atom. The summed E-state index contributed by atoms with van der Waals surface area (Å²) in [5, 5.41) is 0. The molecule has 31 heavy (non-hydrogen) atoms. The van der Waals surface area contributed by atoms with Gasteiger partial charge in [0.25, 0.3) is 5.91 Å². The van der Waals surface area contributed by atoms with Crippen LogP contribution in [0.15, 0.2) is 59.1 Å². The summed E-state index contributed by atoms with van der Waals surface area (Å²) in [6.45, 7) is 5.12. The Hall–Kier alpha value is -3.41. The summed E-state index contributed by atoms with van der Waals surface area (Å²) in [4.78, 5) is 32.4. The van der Waals surface area contributed by atoms with E-state index in [1.165, 1.54) is 5.56 Å². The van der Waals surface area contributed by atoms with Crippen LogP contribution in [0.25, 0.3) is 11.3 Å². The normalized spacial score (nSPS) is 10.7. The first-order valence-corrected chi connectivity index (χ1v) is 10.5. The lowest BCUT2D eigenvalue weighted by Crippen LogP contribution is -2.30. The van der Waals surface area contributed by atoms with Gasteiger partial charge >= 0.3 is 0 Å². The van der Waals surface area contributed by atoms with E-state index in [9.17, 15) is 9.59 Å². The standard InChI is InChI=1S/C25H29N3O3/c1-5-28(17-19-8-12-21(13-9-19)25(30)27(3)4)24(29)15-14-23-26-16-22(31-23)20-10-6-18(2)7-11-20/h6-13,16H,5,14-15,17H2,1-4H3. The molecule has 0 spiro atoms. The van der Waals surface area contributed by atoms with E-state index in [1.54, 1.807) is 42.2 Å². The van der Waals surface area contributed by atoms with Gasteiger partial charge in [-0.05, 0) is 31.5 Å². The van der Waals surface area contributed by atoms with Gasteiger partial charge in [-0.3, -0.25) is 9.59 Å². The third-order valence-electron chi connectivity index (χ3n) is 5.16. The molecule has 0 unspecified atom stereocenters. The Bertz CT molecular complexity index is 1020. The van der Waals surface area contributed by atoms with Gasteiger partial charge < -0.3 is 14.2 Å². The summed E-state index contributed by atoms with van der Waals surface area (Å²) in [7, 11) is 3.46. The Kier molecular flexibility index (Phi) is 7.23. The zero-order valence-corrected chi connectivity index (χ0v) is 18.6. The molecule has 0 bridgehead atoms. The lowest BCUT2D eigenvalue weighted by Gasteiger charge is -2.21. The molecule has 0 fully saturated rings. The maximum Gasteiger partial charge on any atom is 0.253 e. The van der Waals surface area contributed by atoms with Gasteiger partial charge in [-0.2, -0.15) is 0 Å². The van der Waals surface area contributed by atoms with Crippen molar-refractivity contribution in [3.63, 3.8) is 0 Å². The summed E-state index contributed by atoms with van der Waals surface area (Å²) in [5.74, 6) is 1.28. The largest absolute Gasteiger partial charge is 0.441 e. The van der Waals surface area contributed by atoms with Gasteiger partial charge in [0.15, 0.2) is 11.7 Å². The second kappa shape index (κ2) is 10.1. The predicted octanol–water partition coefficient (Wildman–Crippen LogP) is 4.33. The van der Waals surface area contributed by atoms with Gasteiger partial charge in [-0.15, -0.1) is 0 Å². The third kappa shape index (κ3) is 5.81. The first-order chi connectivity index (χ1) is 14.9. The monoisotopic (exact) mass is 419 g/mol. The molecule has 3 aromatic rings. The maximum atomic E-state index is 12.7. The van der Waals surface area contributed by atoms with E-state index < -0.39 is 0 Å². The first kappa shape index (κ1) is 22.3. The van der Waals surface area contributed by atoms with Crippen LogP contribution in [-0.4, -0.2) is 47.2 Å². The summed E-state index contributed by atoms with van der Waals surface area (Å²) < 4.78 is 5.83. The van der Waals surface area contributed by atoms with Crippen molar-refractivity contribution in [2.75, 3.05) is 20.6 Å². The smallest absolute Gasteiger partial charge is 0.253 e. The Morgan fingerprint density at radius 1 is 1.00 bits per heavy atom. The molecule has 3 rings (SSSR count). The number of aryl methyl sites for hydroxylation is 2. The molecule has 0 atom stereocenters. The summed E-state index contributed by atoms with van der Waals surface area (Å²) >= 11 is 0. The van der Waals surface area contributed by atoms with Gasteiger partial charge in [0.05, 0.1) is 6.20 Å². The molecule has 6 nitrogen and oxygen atoms in total. The minimum Gasteiger partial charge on any atom is -0.441 e. The Labute approximate surface area is 183 Å². The summed E-state index contributed by atoms with van der Waals surface area (Å²) in [5.41, 5.74) is 3.79. The van der Waals surface area contributed by atoms with Crippen LogP contribution >= 0.6 is 0 Å². The quantitative estimate of drug-likeness (QED) is 0.545. The molecule has 0 aliphatic rings. The molecular weight excluding hydrogens is 390 g/mol. The maximum absolute atomic E-state index is 12.7. The second-order valence-corrected chi connectivity index (χ2v) is 7.79. The number of nitrogens with zero attached hydrogens (tertiary/aromatic N) is 3. The number of hydrogen-bond donors (Lipinski definition) is 0. The van der Waals surface area contributed by atoms with E-state index in [0.29, 0.717) is 43.1 Å². The van der Waals surface area contributed by atoms with E-state index in [4.69, 9.17) is 4.42 Å². The number of amides is 2. The van der Waals surface area contributed by atoms with Crippen molar-refractivity contribution >= 4 is 11.8 Å². The zero-order valence-electron chi connectivity index (χ0n) is 18.6. The number of oxazole rings is 1. The number of aromatic nitrogens is 1. The number of carbonyl (C=O) groups excluding carboxylic acids is 2. The van der Waals surface area contributed by atoms with E-state index in [-0.39, 0.29) is 11.8 Å². The minimum atomic E-state index is -0.0362. The fraction of sp³-hybridized carbons (Fsp3) is 0.320. The van der Waals surface area contributed by atoms with E-state index >= 15 is 0 Å². The highest BCUT2D eigenvalue weighted by atomic mass is 16.4. The Morgan fingerprint density at radius 2 is 1.68 bits per heavy atom. The highest BCUT2D eigenvalue weighted by molar-refractivity contribution is 5.93. The van der Waals surface area contributed by atoms with Gasteiger partial charge in [-0.25, -0.2) is 4.98 Å². The fourth-order valence-corrected chi connectivity index (χ4v) is 3.26. The van der Waals surface area contributed by atoms with Gasteiger partial charge in [0.2, 0.25) is 5.91 Å². The van der Waals surface area contributed by atoms with Crippen molar-refractivity contribution in [3.05, 3.63) is 77.3 Å². The third-order valence-corrected chi connectivity index (χ3v) is 5.16. The Balaban J connectivity index is 1.56. The molecule has 0 saturated heterocycles. The lowest BCUT2D eigenvalue weighted by atomic mass is 10.1. The molecule has 1 heterocycles. The number of carbonyl (C=O) groups is 2. The van der Waals surface area contributed by atoms with Crippen LogP contribution in [0.2, 0.25) is 0 Å². The van der Waals surface area contributed by atoms with Crippen molar-refractivity contribution in [1.29, 1.82) is 0 Å². The fourth-order valence-electron chi connectivity index (χ4n) is 3.26. The molecule has 0 saturated carbocycles. The van der Waals surface area contributed by atoms with E-state index in [2.05, 4.69) is 4.98 Å². The molecule has 162 valence electrons. The second-order valence-electron chi connectivity index (χ2n) is 7.79. The molecular formula is C25H29N3O3. The van der Waals surface area contributed by atoms with E-state index in [1.807, 2.05) is 50.2 Å². The van der Waals surface area contributed by atoms with Crippen LogP contribution in [-0.2, 0) is 17.8 Å². The molecule has 2 aromatic carbocycles. The molecule has 0 N–H and O–H groups in total. The van der Waals surface area contributed by atoms with Crippen LogP contribution in [0.5, 0.6) is 0 Å². The van der Waals surface area contributed by atoms with Crippen LogP contribution < -0.4 is 0 Å². The predicted molar refractivity (Wildman–Crippen MR) is 121 cm³/mol. The van der Waals surface area contributed by atoms with Gasteiger partial charge in [0.1, 0.15) is 0 Å². The number of rotatable bonds is 8. The summed E-state index contributed by atoms with van der Waals surface area (Å²) in [6.07, 6.45) is 2.50. The van der Waals surface area contributed by atoms with Crippen LogP contribution in [0.4, 0.5) is 0 Å². The van der Waals surface area contributed by atoms with Crippen molar-refractivity contribution in [2.24, 2.45) is 0 Å². The highest BCUT2D eigenvalue weighted by Gasteiger charge is 2.15. The van der Waals surface area contributed by atoms with Gasteiger partial charge in [-0.1, -0.05) is 42.0 Å². The average Bonchev–Trinajstić information content (AvgIpc) is 3.25. The summed E-state index contributed by atoms with van der Waals surface area (Å²) in [6, 6.07) is 15.5. The molecule has 0 radical (unpaired) electrons. The van der Waals surface area contributed by atoms with Crippen molar-refractivity contribution in [3.8, 4) is 11.3 Å². The SMILES string of the molecule is CCN(Cc1ccc(C(=O)N(C)C)cc1)C(=O)CCc1ncc(-c2ccc(C)cc2)o1. The van der Waals surface area contributed by atoms with Crippen LogP contribution in [0.3, 0.4) is 0 Å². The average molecular weight is 420 g/mol. The molecule has 6 heteroatoms. The van der Waals surface area contributed by atoms with Gasteiger partial charge in [0, 0.05) is 51.2 Å². The lowest BCUT2D eigenvalue weighted by molar-refractivity contribution is -0.131. The first-order valence-electron chi connectivity index (χ1n) is 10.5. The number of benzene rings is 2. The van der Waals surface area contributed by atoms with E-state index in [0.717, 1.165) is 11.1 Å². The molecule has 1 aromatic heterocycles. The van der Waals surface area contributed by atoms with Crippen LogP contribution in [0.1, 0.15) is 40.7 Å². The molecule has 0 aliphatic heterocycles. The zero-order chi connectivity index (χ0) is 22.4. The molecule has 0 aliphatic carbocycles. The number of hydrogen-bond acceptors (Lipinski definition) is 4. The van der Waals surface area contributed by atoms with Crippen molar-refractivity contribution < 1.29 is 14.0 Å². The highest BCUT2D eigenvalue weighted by Crippen LogP contribution is 2.21. The minimum absolute atomic E-state index is 0.0362. The topological polar surface area (TPSA) is 66.7 Å². The van der Waals surface area contributed by atoms with Crippen molar-refractivity contribution in [1.82, 2.24) is 14.8 Å². The van der Waals surface area contributed by atoms with Crippen LogP contribution in [0, 0.1) is 6.92 Å². The molecule has 2 amide bonds. The van der Waals surface area contributed by atoms with Crippen molar-refractivity contribution in [2.45, 2.75) is 33.2 Å².